The Kier molecular flexibility index (Phi) is 16.9. The van der Waals surface area contributed by atoms with Crippen molar-refractivity contribution in [2.45, 2.75) is 94.6 Å². The van der Waals surface area contributed by atoms with Crippen LogP contribution >= 0.6 is 22.7 Å². The highest BCUT2D eigenvalue weighted by Crippen LogP contribution is 2.36. The highest BCUT2D eigenvalue weighted by molar-refractivity contribution is 7.87. The third kappa shape index (κ3) is 14.5. The van der Waals surface area contributed by atoms with Gasteiger partial charge in [-0.2, -0.15) is 16.8 Å². The van der Waals surface area contributed by atoms with Gasteiger partial charge < -0.3 is 34.2 Å². The molecule has 4 aromatic heterocycles. The Morgan fingerprint density at radius 1 is 0.684 bits per heavy atom. The van der Waals surface area contributed by atoms with Crippen molar-refractivity contribution in [3.63, 3.8) is 0 Å². The summed E-state index contributed by atoms with van der Waals surface area (Å²) in [5.74, 6) is 0.514. The van der Waals surface area contributed by atoms with E-state index in [0.717, 1.165) is 96.7 Å². The van der Waals surface area contributed by atoms with E-state index in [1.807, 2.05) is 24.7 Å². The lowest BCUT2D eigenvalue weighted by molar-refractivity contribution is -0.118. The molecule has 0 spiro atoms. The number of fused-ring (bicyclic) bond motifs is 2. The van der Waals surface area contributed by atoms with Gasteiger partial charge >= 0.3 is 20.2 Å². The van der Waals surface area contributed by atoms with Gasteiger partial charge in [0, 0.05) is 97.8 Å². The van der Waals surface area contributed by atoms with Crippen LogP contribution in [0.25, 0.3) is 31.7 Å². The molecule has 0 aliphatic heterocycles. The average Bonchev–Trinajstić information content (AvgIpc) is 4.32. The monoisotopic (exact) mass is 1100 g/mol. The SMILES string of the molecule is CC(C)N(CCNc1ccc(S(=O)(=O)Oc2ccc3nc(NC(=O)C4CC4)sc3c2)cc1)C(C)C.O=C(Nc1nc2ccc(OS(=O)(=O)c3ccc(NCCCCn4cnc(-c5cccnc5)c4)cc3)cc2s1)C1CC1. The second-order valence-corrected chi connectivity index (χ2v) is 24.3. The van der Waals surface area contributed by atoms with Crippen molar-refractivity contribution in [3.8, 4) is 22.8 Å². The Bertz CT molecular complexity index is 3500. The van der Waals surface area contributed by atoms with E-state index in [0.29, 0.717) is 33.4 Å². The predicted octanol–water partition coefficient (Wildman–Crippen LogP) is 10.5. The summed E-state index contributed by atoms with van der Waals surface area (Å²) >= 11 is 2.58. The predicted molar refractivity (Wildman–Crippen MR) is 299 cm³/mol. The molecule has 2 amide bonds. The van der Waals surface area contributed by atoms with E-state index >= 15 is 0 Å². The highest BCUT2D eigenvalue weighted by Gasteiger charge is 2.31. The molecule has 2 fully saturated rings. The number of carbonyl (C=O) groups is 2. The van der Waals surface area contributed by atoms with Crippen molar-refractivity contribution in [1.29, 1.82) is 0 Å². The highest BCUT2D eigenvalue weighted by atomic mass is 32.2. The van der Waals surface area contributed by atoms with Crippen LogP contribution in [0.1, 0.15) is 66.2 Å². The van der Waals surface area contributed by atoms with E-state index in [1.54, 1.807) is 73.1 Å². The van der Waals surface area contributed by atoms with Crippen molar-refractivity contribution >= 4 is 96.8 Å². The smallest absolute Gasteiger partial charge is 0.339 e. The van der Waals surface area contributed by atoms with E-state index in [2.05, 4.69) is 78.4 Å². The minimum absolute atomic E-state index is 0.0155. The topological polar surface area (TPSA) is 229 Å². The molecular formula is C54H60N10O8S4. The zero-order valence-corrected chi connectivity index (χ0v) is 45.8. The first-order valence-electron chi connectivity index (χ1n) is 25.2. The number of nitrogens with zero attached hydrogens (tertiary/aromatic N) is 6. The summed E-state index contributed by atoms with van der Waals surface area (Å²) in [4.78, 5) is 43.9. The third-order valence-electron chi connectivity index (χ3n) is 12.6. The molecule has 10 rings (SSSR count). The molecule has 4 aromatic carbocycles. The van der Waals surface area contributed by atoms with Crippen molar-refractivity contribution in [2.75, 3.05) is 40.9 Å². The standard InChI is InChI=1S/C29H28N6O4S2.C25H32N4O4S2/c36-28(20-5-6-20)34-29-33-25-12-9-23(16-27(25)40-29)39-41(37,38)24-10-7-22(8-11-24)31-14-1-2-15-35-18-26(32-19-35)21-4-3-13-30-17-21;1-16(2)29(17(3)4)14-13-26-19-7-10-21(11-8-19)35(31,32)33-20-9-12-22-23(15-20)34-25(27-22)28-24(30)18-5-6-18/h3-4,7-13,16-20,31H,1-2,5-6,14-15H2,(H,33,34,36);7-12,15-18,26H,5-6,13-14H2,1-4H3,(H,27,28,30). The normalized spacial score (nSPS) is 13.7. The van der Waals surface area contributed by atoms with Gasteiger partial charge in [0.1, 0.15) is 21.3 Å². The number of aryl methyl sites for hydroxylation is 1. The summed E-state index contributed by atoms with van der Waals surface area (Å²) in [5, 5.41) is 13.3. The maximum Gasteiger partial charge on any atom is 0.339 e. The van der Waals surface area contributed by atoms with Gasteiger partial charge in [0.15, 0.2) is 10.3 Å². The molecule has 4 N–H and O–H groups in total. The molecule has 8 aromatic rings. The third-order valence-corrected chi connectivity index (χ3v) is 17.0. The Hall–Kier alpha value is -6.98. The molecule has 22 heteroatoms. The number of anilines is 4. The minimum atomic E-state index is -4.02. The molecule has 0 saturated heterocycles. The van der Waals surface area contributed by atoms with E-state index in [4.69, 9.17) is 8.37 Å². The van der Waals surface area contributed by atoms with Crippen molar-refractivity contribution < 1.29 is 34.8 Å². The van der Waals surface area contributed by atoms with E-state index < -0.39 is 20.2 Å². The first-order valence-corrected chi connectivity index (χ1v) is 29.7. The van der Waals surface area contributed by atoms with Crippen LogP contribution in [0.15, 0.2) is 132 Å². The van der Waals surface area contributed by atoms with Crippen molar-refractivity contribution in [2.24, 2.45) is 11.8 Å². The Labute approximate surface area is 450 Å². The molecule has 398 valence electrons. The molecule has 2 aliphatic rings. The zero-order chi connectivity index (χ0) is 53.4. The Morgan fingerprint density at radius 2 is 1.20 bits per heavy atom. The lowest BCUT2D eigenvalue weighted by Gasteiger charge is -2.30. The van der Waals surface area contributed by atoms with Crippen LogP contribution in [0, 0.1) is 11.8 Å². The van der Waals surface area contributed by atoms with E-state index in [-0.39, 0.29) is 44.9 Å². The Morgan fingerprint density at radius 3 is 1.67 bits per heavy atom. The number of nitrogens with one attached hydrogen (secondary N) is 4. The van der Waals surface area contributed by atoms with E-state index in [9.17, 15) is 26.4 Å². The van der Waals surface area contributed by atoms with Crippen LogP contribution in [-0.2, 0) is 36.4 Å². The number of unbranched alkanes of at least 4 members (excludes halogenated alkanes) is 1. The Balaban J connectivity index is 0.000000188. The largest absolute Gasteiger partial charge is 0.385 e. The molecular weight excluding hydrogens is 1040 g/mol. The van der Waals surface area contributed by atoms with Gasteiger partial charge in [-0.05, 0) is 151 Å². The number of thiazole rings is 2. The zero-order valence-electron chi connectivity index (χ0n) is 42.5. The molecule has 2 aliphatic carbocycles. The van der Waals surface area contributed by atoms with Gasteiger partial charge in [-0.25, -0.2) is 15.0 Å². The lowest BCUT2D eigenvalue weighted by atomic mass is 10.2. The number of aromatic nitrogens is 5. The molecule has 0 unspecified atom stereocenters. The minimum Gasteiger partial charge on any atom is -0.385 e. The lowest BCUT2D eigenvalue weighted by Crippen LogP contribution is -2.40. The average molecular weight is 1110 g/mol. The van der Waals surface area contributed by atoms with Gasteiger partial charge in [0.05, 0.1) is 32.5 Å². The van der Waals surface area contributed by atoms with Crippen molar-refractivity contribution in [1.82, 2.24) is 29.4 Å². The number of hydrogen-bond donors (Lipinski definition) is 4. The summed E-state index contributed by atoms with van der Waals surface area (Å²) in [5.41, 5.74) is 4.92. The summed E-state index contributed by atoms with van der Waals surface area (Å²) in [6, 6.07) is 27.6. The van der Waals surface area contributed by atoms with Gasteiger partial charge in [-0.15, -0.1) is 0 Å². The number of hydrogen-bond acceptors (Lipinski definition) is 17. The maximum atomic E-state index is 12.9. The van der Waals surface area contributed by atoms with Gasteiger partial charge in [-0.1, -0.05) is 22.7 Å². The number of carbonyl (C=O) groups excluding carboxylic acids is 2. The summed E-state index contributed by atoms with van der Waals surface area (Å²) in [6.45, 7) is 12.0. The van der Waals surface area contributed by atoms with Crippen molar-refractivity contribution in [3.05, 3.63) is 122 Å². The van der Waals surface area contributed by atoms with Crippen LogP contribution in [-0.4, -0.2) is 89.8 Å². The van der Waals surface area contributed by atoms with Crippen LogP contribution in [0.2, 0.25) is 0 Å². The van der Waals surface area contributed by atoms with Gasteiger partial charge in [-0.3, -0.25) is 19.5 Å². The van der Waals surface area contributed by atoms with Gasteiger partial charge in [0.25, 0.3) is 0 Å². The quantitative estimate of drug-likeness (QED) is 0.0345. The summed E-state index contributed by atoms with van der Waals surface area (Å²) < 4.78 is 65.7. The molecule has 0 bridgehead atoms. The fraction of sp³-hybridized carbons (Fsp3) is 0.333. The number of imidazole rings is 1. The number of benzene rings is 4. The van der Waals surface area contributed by atoms with Crippen LogP contribution in [0.5, 0.6) is 11.5 Å². The molecule has 4 heterocycles. The van der Waals surface area contributed by atoms with Crippen LogP contribution in [0.3, 0.4) is 0 Å². The van der Waals surface area contributed by atoms with Crippen LogP contribution < -0.4 is 29.6 Å². The molecule has 2 saturated carbocycles. The fourth-order valence-corrected chi connectivity index (χ4v) is 11.8. The molecule has 0 atom stereocenters. The first kappa shape index (κ1) is 53.8. The second kappa shape index (κ2) is 23.9. The summed E-state index contributed by atoms with van der Waals surface area (Å²) in [7, 11) is -8.01. The molecule has 18 nitrogen and oxygen atoms in total. The molecule has 0 radical (unpaired) electrons. The number of rotatable bonds is 23. The van der Waals surface area contributed by atoms with Crippen LogP contribution in [0.4, 0.5) is 21.6 Å². The van der Waals surface area contributed by atoms with E-state index in [1.165, 1.54) is 46.9 Å². The fourth-order valence-electron chi connectivity index (χ4n) is 8.19. The number of amides is 2. The van der Waals surface area contributed by atoms with Gasteiger partial charge in [0.2, 0.25) is 11.8 Å². The number of pyridine rings is 1. The molecule has 76 heavy (non-hydrogen) atoms. The maximum absolute atomic E-state index is 12.9. The second-order valence-electron chi connectivity index (χ2n) is 19.2. The summed E-state index contributed by atoms with van der Waals surface area (Å²) in [6.07, 6.45) is 13.0. The first-order chi connectivity index (χ1) is 36.5.